The molecule has 2 saturated heterocycles. The van der Waals surface area contributed by atoms with Crippen LogP contribution in [0, 0.1) is 0 Å². The number of rotatable bonds is 5. The summed E-state index contributed by atoms with van der Waals surface area (Å²) in [4.78, 5) is 39.0. The van der Waals surface area contributed by atoms with E-state index in [-0.39, 0.29) is 11.8 Å². The van der Waals surface area contributed by atoms with E-state index in [0.29, 0.717) is 49.5 Å². The summed E-state index contributed by atoms with van der Waals surface area (Å²) in [5, 5.41) is 8.35. The van der Waals surface area contributed by atoms with Gasteiger partial charge in [-0.05, 0) is 43.8 Å². The molecular weight excluding hydrogens is 358 g/mol. The fraction of sp³-hybridized carbons (Fsp3) is 0.588. The Labute approximate surface area is 155 Å². The van der Waals surface area contributed by atoms with Gasteiger partial charge in [-0.25, -0.2) is 4.79 Å². The van der Waals surface area contributed by atoms with Crippen LogP contribution in [0.2, 0.25) is 0 Å². The molecule has 1 atom stereocenters. The molecule has 1 aromatic rings. The van der Waals surface area contributed by atoms with Crippen molar-refractivity contribution < 1.29 is 23.9 Å². The number of anilines is 1. The standard InChI is InChI=1S/C17H23N3O5S/c1-24-15(22)11-4-10-26-14(11)20-9-3-12(13(20)21)19-16(23)17(25-2)5-7-18-8-6-17/h4,10,12,18H,3,5-9H2,1-2H3,(H,19,23). The van der Waals surface area contributed by atoms with Crippen molar-refractivity contribution in [2.75, 3.05) is 38.8 Å². The molecule has 0 radical (unpaired) electrons. The van der Waals surface area contributed by atoms with Crippen LogP contribution in [0.1, 0.15) is 29.6 Å². The summed E-state index contributed by atoms with van der Waals surface area (Å²) in [5.74, 6) is -0.943. The molecule has 2 N–H and O–H groups in total. The number of ether oxygens (including phenoxy) is 2. The quantitative estimate of drug-likeness (QED) is 0.722. The Balaban J connectivity index is 1.71. The number of thiophene rings is 1. The second-order valence-corrected chi connectivity index (χ2v) is 7.28. The van der Waals surface area contributed by atoms with Crippen molar-refractivity contribution in [3.8, 4) is 0 Å². The minimum absolute atomic E-state index is 0.217. The van der Waals surface area contributed by atoms with E-state index >= 15 is 0 Å². The van der Waals surface area contributed by atoms with Crippen LogP contribution >= 0.6 is 11.3 Å². The van der Waals surface area contributed by atoms with Crippen LogP contribution in [0.4, 0.5) is 5.00 Å². The number of nitrogens with zero attached hydrogens (tertiary/aromatic N) is 1. The number of nitrogens with one attached hydrogen (secondary N) is 2. The van der Waals surface area contributed by atoms with Gasteiger partial charge in [0.2, 0.25) is 5.91 Å². The highest BCUT2D eigenvalue weighted by Gasteiger charge is 2.43. The fourth-order valence-electron chi connectivity index (χ4n) is 3.44. The van der Waals surface area contributed by atoms with Gasteiger partial charge in [-0.15, -0.1) is 11.3 Å². The fourth-order valence-corrected chi connectivity index (χ4v) is 4.36. The van der Waals surface area contributed by atoms with Gasteiger partial charge in [0.05, 0.1) is 12.7 Å². The van der Waals surface area contributed by atoms with Gasteiger partial charge in [-0.1, -0.05) is 0 Å². The summed E-state index contributed by atoms with van der Waals surface area (Å²) in [5.41, 5.74) is -0.525. The summed E-state index contributed by atoms with van der Waals surface area (Å²) in [7, 11) is 2.84. The number of esters is 1. The van der Waals surface area contributed by atoms with E-state index in [9.17, 15) is 14.4 Å². The van der Waals surface area contributed by atoms with Crippen LogP contribution in [0.25, 0.3) is 0 Å². The van der Waals surface area contributed by atoms with Crippen LogP contribution in [0.15, 0.2) is 11.4 Å². The normalized spacial score (nSPS) is 22.3. The van der Waals surface area contributed by atoms with Crippen LogP contribution in [0.5, 0.6) is 0 Å². The summed E-state index contributed by atoms with van der Waals surface area (Å²) in [6, 6.07) is 1.02. The van der Waals surface area contributed by atoms with Crippen molar-refractivity contribution in [3.05, 3.63) is 17.0 Å². The van der Waals surface area contributed by atoms with Gasteiger partial charge in [0.25, 0.3) is 5.91 Å². The smallest absolute Gasteiger partial charge is 0.340 e. The van der Waals surface area contributed by atoms with E-state index in [2.05, 4.69) is 10.6 Å². The number of methoxy groups -OCH3 is 2. The summed E-state index contributed by atoms with van der Waals surface area (Å²) in [6.45, 7) is 1.84. The van der Waals surface area contributed by atoms with Gasteiger partial charge < -0.3 is 25.0 Å². The van der Waals surface area contributed by atoms with E-state index in [1.54, 1.807) is 16.3 Å². The molecular formula is C17H23N3O5S. The van der Waals surface area contributed by atoms with Gasteiger partial charge in [0.15, 0.2) is 0 Å². The first kappa shape index (κ1) is 18.8. The number of carbonyl (C=O) groups excluding carboxylic acids is 3. The number of hydrogen-bond donors (Lipinski definition) is 2. The minimum Gasteiger partial charge on any atom is -0.465 e. The third-order valence-corrected chi connectivity index (χ3v) is 5.96. The van der Waals surface area contributed by atoms with Gasteiger partial charge in [0, 0.05) is 13.7 Å². The van der Waals surface area contributed by atoms with E-state index in [1.165, 1.54) is 25.6 Å². The highest BCUT2D eigenvalue weighted by molar-refractivity contribution is 7.14. The lowest BCUT2D eigenvalue weighted by atomic mass is 9.90. The van der Waals surface area contributed by atoms with Gasteiger partial charge in [-0.3, -0.25) is 9.59 Å². The maximum atomic E-state index is 12.8. The molecule has 2 aliphatic heterocycles. The van der Waals surface area contributed by atoms with Crippen LogP contribution in [-0.2, 0) is 19.1 Å². The molecule has 0 aromatic carbocycles. The lowest BCUT2D eigenvalue weighted by Crippen LogP contribution is -2.57. The molecule has 1 unspecified atom stereocenters. The highest BCUT2D eigenvalue weighted by Crippen LogP contribution is 2.32. The van der Waals surface area contributed by atoms with Crippen molar-refractivity contribution in [1.29, 1.82) is 0 Å². The average Bonchev–Trinajstić information content (AvgIpc) is 3.28. The first-order chi connectivity index (χ1) is 12.5. The number of piperidine rings is 1. The lowest BCUT2D eigenvalue weighted by molar-refractivity contribution is -0.148. The van der Waals surface area contributed by atoms with Crippen LogP contribution in [0.3, 0.4) is 0 Å². The Hall–Kier alpha value is -1.97. The zero-order valence-corrected chi connectivity index (χ0v) is 15.7. The van der Waals surface area contributed by atoms with Crippen molar-refractivity contribution in [1.82, 2.24) is 10.6 Å². The van der Waals surface area contributed by atoms with E-state index in [0.717, 1.165) is 0 Å². The Morgan fingerprint density at radius 1 is 1.35 bits per heavy atom. The predicted octanol–water partition coefficient (Wildman–Crippen LogP) is 0.525. The van der Waals surface area contributed by atoms with E-state index in [4.69, 9.17) is 9.47 Å². The zero-order chi connectivity index (χ0) is 18.7. The molecule has 0 aliphatic carbocycles. The lowest BCUT2D eigenvalue weighted by Gasteiger charge is -2.35. The Morgan fingerprint density at radius 3 is 2.73 bits per heavy atom. The predicted molar refractivity (Wildman–Crippen MR) is 96.4 cm³/mol. The Kier molecular flexibility index (Phi) is 5.59. The average molecular weight is 381 g/mol. The largest absolute Gasteiger partial charge is 0.465 e. The topological polar surface area (TPSA) is 97.0 Å². The first-order valence-corrected chi connectivity index (χ1v) is 9.44. The summed E-state index contributed by atoms with van der Waals surface area (Å²) < 4.78 is 10.3. The molecule has 1 aromatic heterocycles. The minimum atomic E-state index is -0.890. The van der Waals surface area contributed by atoms with Crippen LogP contribution in [-0.4, -0.2) is 63.3 Å². The second-order valence-electron chi connectivity index (χ2n) is 6.38. The molecule has 2 fully saturated rings. The second kappa shape index (κ2) is 7.73. The van der Waals surface area contributed by atoms with Crippen molar-refractivity contribution in [3.63, 3.8) is 0 Å². The number of carbonyl (C=O) groups is 3. The van der Waals surface area contributed by atoms with E-state index < -0.39 is 17.6 Å². The molecule has 2 amide bonds. The van der Waals surface area contributed by atoms with Crippen molar-refractivity contribution >= 4 is 34.1 Å². The molecule has 0 bridgehead atoms. The maximum absolute atomic E-state index is 12.8. The van der Waals surface area contributed by atoms with Crippen molar-refractivity contribution in [2.45, 2.75) is 30.9 Å². The Bertz CT molecular complexity index is 698. The number of hydrogen-bond acceptors (Lipinski definition) is 7. The molecule has 2 aliphatic rings. The summed E-state index contributed by atoms with van der Waals surface area (Å²) >= 11 is 1.31. The Morgan fingerprint density at radius 2 is 2.08 bits per heavy atom. The summed E-state index contributed by atoms with van der Waals surface area (Å²) in [6.07, 6.45) is 1.62. The molecule has 3 heterocycles. The molecule has 0 saturated carbocycles. The maximum Gasteiger partial charge on any atom is 0.340 e. The molecule has 8 nitrogen and oxygen atoms in total. The van der Waals surface area contributed by atoms with E-state index in [1.807, 2.05) is 0 Å². The molecule has 26 heavy (non-hydrogen) atoms. The number of amides is 2. The third kappa shape index (κ3) is 3.34. The SMILES string of the molecule is COC(=O)c1ccsc1N1CCC(NC(=O)C2(OC)CCNCC2)C1=O. The van der Waals surface area contributed by atoms with Gasteiger partial charge >= 0.3 is 5.97 Å². The molecule has 0 spiro atoms. The van der Waals surface area contributed by atoms with Gasteiger partial charge in [0.1, 0.15) is 16.6 Å². The van der Waals surface area contributed by atoms with Crippen molar-refractivity contribution in [2.24, 2.45) is 0 Å². The highest BCUT2D eigenvalue weighted by atomic mass is 32.1. The first-order valence-electron chi connectivity index (χ1n) is 8.56. The van der Waals surface area contributed by atoms with Gasteiger partial charge in [-0.2, -0.15) is 0 Å². The monoisotopic (exact) mass is 381 g/mol. The van der Waals surface area contributed by atoms with Crippen LogP contribution < -0.4 is 15.5 Å². The third-order valence-electron chi connectivity index (χ3n) is 5.02. The molecule has 3 rings (SSSR count). The molecule has 142 valence electrons. The zero-order valence-electron chi connectivity index (χ0n) is 14.9. The molecule has 9 heteroatoms.